The van der Waals surface area contributed by atoms with Crippen molar-refractivity contribution in [3.8, 4) is 0 Å². The summed E-state index contributed by atoms with van der Waals surface area (Å²) in [6.07, 6.45) is 1.45. The number of aryl methyl sites for hydroxylation is 2. The van der Waals surface area contributed by atoms with E-state index in [9.17, 15) is 18.0 Å². The number of furan rings is 1. The third kappa shape index (κ3) is 4.94. The predicted octanol–water partition coefficient (Wildman–Crippen LogP) is 4.17. The largest absolute Gasteiger partial charge is 0.468 e. The van der Waals surface area contributed by atoms with Crippen molar-refractivity contribution in [1.82, 2.24) is 9.29 Å². The van der Waals surface area contributed by atoms with E-state index >= 15 is 0 Å². The van der Waals surface area contributed by atoms with Gasteiger partial charge in [0.15, 0.2) is 5.78 Å². The van der Waals surface area contributed by atoms with E-state index < -0.39 is 27.8 Å². The number of hydrogen-bond donors (Lipinski definition) is 1. The maximum absolute atomic E-state index is 13.6. The molecule has 33 heavy (non-hydrogen) atoms. The van der Waals surface area contributed by atoms with Crippen LogP contribution in [-0.4, -0.2) is 42.1 Å². The van der Waals surface area contributed by atoms with Crippen molar-refractivity contribution < 1.29 is 27.2 Å². The maximum atomic E-state index is 13.6. The predicted molar refractivity (Wildman–Crippen MR) is 123 cm³/mol. The molecule has 0 aliphatic carbocycles. The fraction of sp³-hybridized carbons (Fsp3) is 0.333. The topological polar surface area (TPSA) is 110 Å². The lowest BCUT2D eigenvalue weighted by atomic mass is 10.0. The highest BCUT2D eigenvalue weighted by Gasteiger charge is 2.36. The number of carbonyl (C=O) groups excluding carboxylic acids is 2. The summed E-state index contributed by atoms with van der Waals surface area (Å²) >= 11 is 0. The number of nitrogens with one attached hydrogen (secondary N) is 1. The monoisotopic (exact) mass is 472 g/mol. The molecule has 9 heteroatoms. The van der Waals surface area contributed by atoms with Gasteiger partial charge in [-0.2, -0.15) is 4.31 Å². The first kappa shape index (κ1) is 24.5. The fourth-order valence-electron chi connectivity index (χ4n) is 3.70. The zero-order valence-corrected chi connectivity index (χ0v) is 20.2. The van der Waals surface area contributed by atoms with Crippen LogP contribution in [0.25, 0.3) is 0 Å². The molecule has 0 saturated carbocycles. The molecule has 0 aliphatic heterocycles. The minimum Gasteiger partial charge on any atom is -0.468 e. The van der Waals surface area contributed by atoms with Crippen molar-refractivity contribution >= 4 is 21.8 Å². The highest BCUT2D eigenvalue weighted by Crippen LogP contribution is 2.27. The average Bonchev–Trinajstić information content (AvgIpc) is 3.39. The Balaban J connectivity index is 2.03. The summed E-state index contributed by atoms with van der Waals surface area (Å²) in [4.78, 5) is 28.8. The summed E-state index contributed by atoms with van der Waals surface area (Å²) in [6.45, 7) is 8.47. The van der Waals surface area contributed by atoms with Crippen LogP contribution in [-0.2, 0) is 21.3 Å². The zero-order chi connectivity index (χ0) is 24.3. The van der Waals surface area contributed by atoms with Gasteiger partial charge in [-0.05, 0) is 64.4 Å². The van der Waals surface area contributed by atoms with Gasteiger partial charge >= 0.3 is 5.97 Å². The lowest BCUT2D eigenvalue weighted by Gasteiger charge is -2.27. The minimum atomic E-state index is -4.04. The summed E-state index contributed by atoms with van der Waals surface area (Å²) < 4.78 is 38.7. The van der Waals surface area contributed by atoms with Gasteiger partial charge in [0.1, 0.15) is 11.5 Å². The van der Waals surface area contributed by atoms with Crippen LogP contribution in [0.3, 0.4) is 0 Å². The lowest BCUT2D eigenvalue weighted by Crippen LogP contribution is -2.43. The Morgan fingerprint density at radius 1 is 1.12 bits per heavy atom. The van der Waals surface area contributed by atoms with E-state index in [0.29, 0.717) is 17.0 Å². The molecule has 0 fully saturated rings. The summed E-state index contributed by atoms with van der Waals surface area (Å²) in [7, 11) is -4.04. The molecule has 3 rings (SSSR count). The third-order valence-electron chi connectivity index (χ3n) is 5.49. The van der Waals surface area contributed by atoms with Gasteiger partial charge in [-0.3, -0.25) is 4.79 Å². The number of carbonyl (C=O) groups is 2. The normalized spacial score (nSPS) is 12.7. The molecule has 0 bridgehead atoms. The number of H-pyrrole nitrogens is 1. The second-order valence-electron chi connectivity index (χ2n) is 7.83. The zero-order valence-electron chi connectivity index (χ0n) is 19.3. The van der Waals surface area contributed by atoms with Crippen LogP contribution in [0.1, 0.15) is 57.3 Å². The van der Waals surface area contributed by atoms with E-state index in [1.54, 1.807) is 45.0 Å². The Kier molecular flexibility index (Phi) is 7.24. The van der Waals surface area contributed by atoms with E-state index in [1.807, 2.05) is 6.92 Å². The van der Waals surface area contributed by atoms with Crippen molar-refractivity contribution in [1.29, 1.82) is 0 Å². The number of ether oxygens (including phenoxy) is 1. The second-order valence-corrected chi connectivity index (χ2v) is 9.72. The first-order valence-corrected chi connectivity index (χ1v) is 12.0. The molecule has 8 nitrogen and oxygen atoms in total. The smallest absolute Gasteiger partial charge is 0.355 e. The molecule has 2 heterocycles. The molecule has 176 valence electrons. The van der Waals surface area contributed by atoms with Crippen LogP contribution in [0.5, 0.6) is 0 Å². The SMILES string of the molecule is CCOC(=O)c1[nH]c(C)c(C(=O)C(C)N(Cc2ccco2)S(=O)(=O)c2ccc(C)cc2)c1C. The van der Waals surface area contributed by atoms with Crippen molar-refractivity contribution in [2.24, 2.45) is 0 Å². The van der Waals surface area contributed by atoms with Gasteiger partial charge in [-0.15, -0.1) is 0 Å². The Morgan fingerprint density at radius 2 is 1.79 bits per heavy atom. The van der Waals surface area contributed by atoms with Crippen LogP contribution in [0.4, 0.5) is 0 Å². The van der Waals surface area contributed by atoms with Crippen molar-refractivity contribution in [2.75, 3.05) is 6.61 Å². The van der Waals surface area contributed by atoms with E-state index in [2.05, 4.69) is 4.98 Å². The van der Waals surface area contributed by atoms with E-state index in [1.165, 1.54) is 25.3 Å². The van der Waals surface area contributed by atoms with E-state index in [0.717, 1.165) is 9.87 Å². The van der Waals surface area contributed by atoms with Gasteiger partial charge < -0.3 is 14.1 Å². The number of nitrogens with zero attached hydrogens (tertiary/aromatic N) is 1. The molecule has 3 aromatic rings. The number of aromatic amines is 1. The number of aromatic nitrogens is 1. The molecule has 0 saturated heterocycles. The van der Waals surface area contributed by atoms with Gasteiger partial charge in [0.2, 0.25) is 10.0 Å². The van der Waals surface area contributed by atoms with Crippen LogP contribution in [0, 0.1) is 20.8 Å². The quantitative estimate of drug-likeness (QED) is 0.370. The number of ketones is 1. The Labute approximate surface area is 193 Å². The number of esters is 1. The highest BCUT2D eigenvalue weighted by atomic mass is 32.2. The Hall–Kier alpha value is -3.17. The molecule has 0 aliphatic rings. The van der Waals surface area contributed by atoms with E-state index in [4.69, 9.17) is 9.15 Å². The number of Topliss-reactive ketones (excluding diaryl/α,β-unsaturated/α-hetero) is 1. The molecular formula is C24H28N2O6S. The maximum Gasteiger partial charge on any atom is 0.355 e. The standard InChI is InChI=1S/C24H28N2O6S/c1-6-31-24(28)22-16(3)21(17(4)25-22)23(27)18(5)26(14-19-8-7-13-32-19)33(29,30)20-11-9-15(2)10-12-20/h7-13,18,25H,6,14H2,1-5H3. The summed E-state index contributed by atoms with van der Waals surface area (Å²) in [5, 5.41) is 0. The van der Waals surface area contributed by atoms with Crippen molar-refractivity contribution in [3.05, 3.63) is 76.5 Å². The van der Waals surface area contributed by atoms with Crippen LogP contribution in [0.15, 0.2) is 52.0 Å². The van der Waals surface area contributed by atoms with Gasteiger partial charge in [0.05, 0.1) is 30.4 Å². The molecule has 1 aromatic carbocycles. The molecule has 0 spiro atoms. The summed E-state index contributed by atoms with van der Waals surface area (Å²) in [5.41, 5.74) is 2.27. The van der Waals surface area contributed by atoms with Crippen LogP contribution in [0.2, 0.25) is 0 Å². The fourth-order valence-corrected chi connectivity index (χ4v) is 5.26. The average molecular weight is 473 g/mol. The molecule has 0 radical (unpaired) electrons. The second kappa shape index (κ2) is 9.76. The molecule has 2 aromatic heterocycles. The molecular weight excluding hydrogens is 444 g/mol. The van der Waals surface area contributed by atoms with Gasteiger partial charge in [0, 0.05) is 11.3 Å². The number of hydrogen-bond acceptors (Lipinski definition) is 6. The van der Waals surface area contributed by atoms with Crippen LogP contribution < -0.4 is 0 Å². The molecule has 0 amide bonds. The van der Waals surface area contributed by atoms with Gasteiger partial charge in [-0.1, -0.05) is 17.7 Å². The van der Waals surface area contributed by atoms with Crippen LogP contribution >= 0.6 is 0 Å². The van der Waals surface area contributed by atoms with Crippen molar-refractivity contribution in [3.63, 3.8) is 0 Å². The summed E-state index contributed by atoms with van der Waals surface area (Å²) in [5.74, 6) is -0.594. The Bertz CT molecular complexity index is 1240. The van der Waals surface area contributed by atoms with Crippen molar-refractivity contribution in [2.45, 2.75) is 52.1 Å². The Morgan fingerprint density at radius 3 is 2.36 bits per heavy atom. The van der Waals surface area contributed by atoms with Gasteiger partial charge in [0.25, 0.3) is 0 Å². The number of rotatable bonds is 9. The van der Waals surface area contributed by atoms with E-state index in [-0.39, 0.29) is 29.3 Å². The molecule has 1 atom stereocenters. The lowest BCUT2D eigenvalue weighted by molar-refractivity contribution is 0.0519. The first-order valence-electron chi connectivity index (χ1n) is 10.6. The number of sulfonamides is 1. The highest BCUT2D eigenvalue weighted by molar-refractivity contribution is 7.89. The first-order chi connectivity index (χ1) is 15.6. The minimum absolute atomic E-state index is 0.0778. The van der Waals surface area contributed by atoms with Gasteiger partial charge in [-0.25, -0.2) is 13.2 Å². The number of benzene rings is 1. The molecule has 1 unspecified atom stereocenters. The summed E-state index contributed by atoms with van der Waals surface area (Å²) in [6, 6.07) is 8.69. The third-order valence-corrected chi connectivity index (χ3v) is 7.42. The molecule has 1 N–H and O–H groups in total.